The number of nitriles is 1. The van der Waals surface area contributed by atoms with Crippen LogP contribution in [0, 0.1) is 17.2 Å². The number of halogens is 3. The van der Waals surface area contributed by atoms with Gasteiger partial charge in [0.25, 0.3) is 0 Å². The molecule has 4 heterocycles. The topological polar surface area (TPSA) is 137 Å². The third-order valence-electron chi connectivity index (χ3n) is 5.52. The van der Waals surface area contributed by atoms with E-state index >= 15 is 0 Å². The van der Waals surface area contributed by atoms with Crippen molar-refractivity contribution in [1.29, 1.82) is 5.26 Å². The predicted molar refractivity (Wildman–Crippen MR) is 109 cm³/mol. The molecule has 1 aliphatic heterocycles. The molecule has 1 unspecified atom stereocenters. The molecule has 3 aromatic rings. The number of hydrogen-bond acceptors (Lipinski definition) is 7. The third kappa shape index (κ3) is 3.94. The van der Waals surface area contributed by atoms with Gasteiger partial charge in [-0.1, -0.05) is 0 Å². The minimum absolute atomic E-state index is 0.0356. The fourth-order valence-corrected chi connectivity index (χ4v) is 3.58. The van der Waals surface area contributed by atoms with Gasteiger partial charge in [-0.15, -0.1) is 0 Å². The second kappa shape index (κ2) is 8.08. The number of anilines is 1. The Hall–Kier alpha value is -3.72. The number of H-pyrrole nitrogens is 1. The van der Waals surface area contributed by atoms with E-state index < -0.39 is 11.7 Å². The minimum Gasteiger partial charge on any atom is -0.351 e. The molecule has 12 heteroatoms. The molecule has 3 aromatic heterocycles. The molecule has 0 spiro atoms. The summed E-state index contributed by atoms with van der Waals surface area (Å²) in [7, 11) is 0. The minimum atomic E-state index is -4.55. The molecule has 0 radical (unpaired) electrons. The Kier molecular flexibility index (Phi) is 5.43. The van der Waals surface area contributed by atoms with E-state index in [-0.39, 0.29) is 52.7 Å². The van der Waals surface area contributed by atoms with Gasteiger partial charge in [-0.05, 0) is 13.0 Å². The van der Waals surface area contributed by atoms with Crippen molar-refractivity contribution < 1.29 is 18.0 Å². The second-order valence-corrected chi connectivity index (χ2v) is 7.58. The number of carbonyl (C=O) groups is 1. The number of aromatic nitrogens is 4. The average Bonchev–Trinajstić information content (AvgIpc) is 3.15. The van der Waals surface area contributed by atoms with Crippen molar-refractivity contribution >= 4 is 22.9 Å². The van der Waals surface area contributed by atoms with Crippen molar-refractivity contribution in [2.45, 2.75) is 19.1 Å². The number of nitrogens with zero attached hydrogens (tertiary/aromatic N) is 5. The van der Waals surface area contributed by atoms with Gasteiger partial charge < -0.3 is 20.9 Å². The summed E-state index contributed by atoms with van der Waals surface area (Å²) < 4.78 is 39.5. The summed E-state index contributed by atoms with van der Waals surface area (Å²) in [5, 5.41) is 12.8. The van der Waals surface area contributed by atoms with Crippen molar-refractivity contribution in [2.75, 3.05) is 25.0 Å². The smallest absolute Gasteiger partial charge is 0.351 e. The van der Waals surface area contributed by atoms with E-state index in [0.29, 0.717) is 18.7 Å². The molecule has 9 nitrogen and oxygen atoms in total. The van der Waals surface area contributed by atoms with Gasteiger partial charge in [-0.2, -0.15) is 18.4 Å². The van der Waals surface area contributed by atoms with Crippen LogP contribution in [0.25, 0.3) is 22.3 Å². The van der Waals surface area contributed by atoms with Crippen LogP contribution < -0.4 is 11.1 Å². The lowest BCUT2D eigenvalue weighted by molar-refractivity contribution is -0.138. The van der Waals surface area contributed by atoms with Gasteiger partial charge in [0.2, 0.25) is 11.9 Å². The lowest BCUT2D eigenvalue weighted by Gasteiger charge is -2.42. The lowest BCUT2D eigenvalue weighted by Crippen LogP contribution is -2.56. The monoisotopic (exact) mass is 444 g/mol. The van der Waals surface area contributed by atoms with E-state index in [9.17, 15) is 23.2 Å². The summed E-state index contributed by atoms with van der Waals surface area (Å²) in [6, 6.07) is 2.87. The number of pyridine rings is 1. The van der Waals surface area contributed by atoms with Gasteiger partial charge in [0, 0.05) is 48.4 Å². The average molecular weight is 444 g/mol. The van der Waals surface area contributed by atoms with Crippen LogP contribution in [-0.4, -0.2) is 56.4 Å². The molecule has 1 amide bonds. The van der Waals surface area contributed by atoms with E-state index in [0.717, 1.165) is 12.3 Å². The van der Waals surface area contributed by atoms with Crippen molar-refractivity contribution in [3.63, 3.8) is 0 Å². The van der Waals surface area contributed by atoms with Gasteiger partial charge in [0.05, 0.1) is 29.6 Å². The van der Waals surface area contributed by atoms with Gasteiger partial charge in [0.15, 0.2) is 0 Å². The van der Waals surface area contributed by atoms with Gasteiger partial charge in [-0.3, -0.25) is 4.79 Å². The Morgan fingerprint density at radius 2 is 2.16 bits per heavy atom. The van der Waals surface area contributed by atoms with Gasteiger partial charge in [-0.25, -0.2) is 15.0 Å². The molecule has 166 valence electrons. The third-order valence-corrected chi connectivity index (χ3v) is 5.52. The largest absolute Gasteiger partial charge is 0.417 e. The van der Waals surface area contributed by atoms with Crippen LogP contribution in [-0.2, 0) is 11.0 Å². The molecule has 1 atom stereocenters. The normalized spacial score (nSPS) is 15.3. The number of rotatable bonds is 5. The molecular formula is C20H19F3N8O. The zero-order chi connectivity index (χ0) is 23.0. The predicted octanol–water partition coefficient (Wildman–Crippen LogP) is 2.13. The Morgan fingerprint density at radius 3 is 2.81 bits per heavy atom. The molecule has 1 saturated heterocycles. The van der Waals surface area contributed by atoms with Gasteiger partial charge in [0.1, 0.15) is 11.7 Å². The maximum Gasteiger partial charge on any atom is 0.417 e. The molecule has 1 aliphatic rings. The number of amides is 1. The highest BCUT2D eigenvalue weighted by atomic mass is 19.4. The van der Waals surface area contributed by atoms with E-state index in [4.69, 9.17) is 5.73 Å². The Bertz CT molecular complexity index is 1210. The quantitative estimate of drug-likeness (QED) is 0.548. The van der Waals surface area contributed by atoms with Crippen LogP contribution in [0.5, 0.6) is 0 Å². The zero-order valence-corrected chi connectivity index (χ0v) is 16.9. The number of carbonyl (C=O) groups excluding carboxylic acids is 1. The highest BCUT2D eigenvalue weighted by Crippen LogP contribution is 2.34. The van der Waals surface area contributed by atoms with E-state index in [1.165, 1.54) is 12.4 Å². The molecular weight excluding hydrogens is 425 g/mol. The number of nitrogens with two attached hydrogens (primary N) is 1. The first-order valence-corrected chi connectivity index (χ1v) is 9.77. The summed E-state index contributed by atoms with van der Waals surface area (Å²) >= 11 is 0. The fraction of sp³-hybridized carbons (Fsp3) is 0.350. The lowest BCUT2D eigenvalue weighted by atomic mass is 9.92. The number of nitrogens with one attached hydrogen (secondary N) is 2. The first-order chi connectivity index (χ1) is 15.2. The summed E-state index contributed by atoms with van der Waals surface area (Å²) in [4.78, 5) is 28.5. The van der Waals surface area contributed by atoms with Crippen molar-refractivity contribution in [3.8, 4) is 17.3 Å². The summed E-state index contributed by atoms with van der Waals surface area (Å²) in [6.45, 7) is 3.00. The number of fused-ring (bicyclic) bond motifs is 1. The number of aromatic amines is 1. The highest BCUT2D eigenvalue weighted by Gasteiger charge is 2.34. The zero-order valence-electron chi connectivity index (χ0n) is 16.9. The second-order valence-electron chi connectivity index (χ2n) is 7.58. The highest BCUT2D eigenvalue weighted by molar-refractivity contribution is 5.94. The van der Waals surface area contributed by atoms with Crippen LogP contribution in [0.3, 0.4) is 0 Å². The molecule has 0 saturated carbocycles. The number of likely N-dealkylation sites (tertiary alicyclic amines) is 1. The Labute approximate surface area is 180 Å². The molecule has 0 aromatic carbocycles. The summed E-state index contributed by atoms with van der Waals surface area (Å²) in [6.07, 6.45) is -1.01. The molecule has 0 aliphatic carbocycles. The van der Waals surface area contributed by atoms with Crippen molar-refractivity contribution in [1.82, 2.24) is 24.8 Å². The summed E-state index contributed by atoms with van der Waals surface area (Å²) in [5.74, 6) is 0.278. The van der Waals surface area contributed by atoms with E-state index in [1.807, 2.05) is 13.0 Å². The van der Waals surface area contributed by atoms with E-state index in [1.54, 1.807) is 4.90 Å². The first kappa shape index (κ1) is 21.5. The van der Waals surface area contributed by atoms with Crippen LogP contribution in [0.1, 0.15) is 18.1 Å². The maximum atomic E-state index is 13.2. The Balaban J connectivity index is 1.62. The molecule has 32 heavy (non-hydrogen) atoms. The molecule has 4 rings (SSSR count). The van der Waals surface area contributed by atoms with Crippen molar-refractivity contribution in [2.24, 2.45) is 11.7 Å². The van der Waals surface area contributed by atoms with E-state index in [2.05, 4.69) is 25.3 Å². The molecule has 4 N–H and O–H groups in total. The molecule has 1 fully saturated rings. The van der Waals surface area contributed by atoms with Crippen LogP contribution >= 0.6 is 0 Å². The number of alkyl halides is 3. The SMILES string of the molecule is CC(Nc1ncc(C#N)c(-c2c[nH]c3ncc(C(F)(F)F)cc23)n1)C1CN(C(=O)CN)C1. The summed E-state index contributed by atoms with van der Waals surface area (Å²) in [5.41, 5.74) is 5.34. The van der Waals surface area contributed by atoms with Crippen LogP contribution in [0.4, 0.5) is 19.1 Å². The number of hydrogen-bond donors (Lipinski definition) is 3. The Morgan fingerprint density at radius 1 is 1.41 bits per heavy atom. The fourth-order valence-electron chi connectivity index (χ4n) is 3.58. The first-order valence-electron chi connectivity index (χ1n) is 9.77. The maximum absolute atomic E-state index is 13.2. The van der Waals surface area contributed by atoms with Gasteiger partial charge >= 0.3 is 6.18 Å². The molecule has 0 bridgehead atoms. The van der Waals surface area contributed by atoms with Crippen LogP contribution in [0.2, 0.25) is 0 Å². The van der Waals surface area contributed by atoms with Crippen LogP contribution in [0.15, 0.2) is 24.7 Å². The van der Waals surface area contributed by atoms with Crippen molar-refractivity contribution in [3.05, 3.63) is 35.8 Å². The standard InChI is InChI=1S/C20H19F3N8O/c1-10(12-8-31(9-12)16(32)4-25)29-19-28-5-11(3-24)17(30-19)15-7-27-18-14(15)2-13(6-26-18)20(21,22)23/h2,5-7,10,12H,4,8-9,25H2,1H3,(H,26,27)(H,28,29,30).